The van der Waals surface area contributed by atoms with Crippen molar-refractivity contribution in [3.05, 3.63) is 58.8 Å². The molecule has 2 aliphatic rings. The quantitative estimate of drug-likeness (QED) is 0.724. The van der Waals surface area contributed by atoms with E-state index in [-0.39, 0.29) is 12.5 Å². The number of hydrogen-bond acceptors (Lipinski definition) is 5. The molecule has 4 rings (SSSR count). The van der Waals surface area contributed by atoms with Gasteiger partial charge >= 0.3 is 0 Å². The molecular formula is C21H21N3O4S. The van der Waals surface area contributed by atoms with E-state index in [4.69, 9.17) is 4.74 Å². The smallest absolute Gasteiger partial charge is 0.294 e. The van der Waals surface area contributed by atoms with Gasteiger partial charge in [-0.15, -0.1) is 0 Å². The van der Waals surface area contributed by atoms with Crippen LogP contribution in [0.25, 0.3) is 11.8 Å². The van der Waals surface area contributed by atoms with Gasteiger partial charge in [0.2, 0.25) is 5.91 Å². The second kappa shape index (κ2) is 8.26. The van der Waals surface area contributed by atoms with Crippen LogP contribution in [0.2, 0.25) is 0 Å². The molecule has 150 valence electrons. The first-order valence-electron chi connectivity index (χ1n) is 9.38. The lowest BCUT2D eigenvalue weighted by atomic mass is 10.2. The average Bonchev–Trinajstić information content (AvgIpc) is 3.29. The minimum absolute atomic E-state index is 0.235. The molecule has 0 unspecified atom stereocenters. The van der Waals surface area contributed by atoms with Gasteiger partial charge in [-0.2, -0.15) is 0 Å². The number of rotatable bonds is 4. The summed E-state index contributed by atoms with van der Waals surface area (Å²) in [6.07, 6.45) is 3.61. The molecule has 0 bridgehead atoms. The van der Waals surface area contributed by atoms with Crippen LogP contribution in [-0.4, -0.2) is 64.3 Å². The monoisotopic (exact) mass is 411 g/mol. The van der Waals surface area contributed by atoms with E-state index in [0.717, 1.165) is 33.6 Å². The summed E-state index contributed by atoms with van der Waals surface area (Å²) in [5.74, 6) is -0.668. The molecule has 1 aromatic carbocycles. The van der Waals surface area contributed by atoms with Crippen LogP contribution in [0, 0.1) is 6.92 Å². The van der Waals surface area contributed by atoms with Crippen molar-refractivity contribution in [3.63, 3.8) is 0 Å². The zero-order valence-corrected chi connectivity index (χ0v) is 16.9. The zero-order chi connectivity index (χ0) is 20.4. The van der Waals surface area contributed by atoms with E-state index in [9.17, 15) is 14.4 Å². The lowest BCUT2D eigenvalue weighted by Gasteiger charge is -2.28. The van der Waals surface area contributed by atoms with Crippen molar-refractivity contribution in [2.24, 2.45) is 0 Å². The Balaban J connectivity index is 1.53. The first-order valence-corrected chi connectivity index (χ1v) is 10.2. The number of imide groups is 1. The number of thioether (sulfide) groups is 1. The highest BCUT2D eigenvalue weighted by atomic mass is 32.2. The van der Waals surface area contributed by atoms with E-state index in [0.29, 0.717) is 31.2 Å². The van der Waals surface area contributed by atoms with Gasteiger partial charge in [0.1, 0.15) is 6.54 Å². The lowest BCUT2D eigenvalue weighted by Crippen LogP contribution is -2.46. The molecule has 8 heteroatoms. The number of ether oxygens (including phenoxy) is 1. The van der Waals surface area contributed by atoms with Crippen molar-refractivity contribution in [2.45, 2.75) is 6.92 Å². The van der Waals surface area contributed by atoms with Crippen LogP contribution in [0.1, 0.15) is 11.3 Å². The van der Waals surface area contributed by atoms with Crippen LogP contribution in [0.4, 0.5) is 4.79 Å². The van der Waals surface area contributed by atoms with E-state index in [1.54, 1.807) is 11.0 Å². The van der Waals surface area contributed by atoms with Crippen molar-refractivity contribution in [3.8, 4) is 5.69 Å². The van der Waals surface area contributed by atoms with Gasteiger partial charge in [0.05, 0.1) is 18.1 Å². The van der Waals surface area contributed by atoms with E-state index >= 15 is 0 Å². The number of morpholine rings is 1. The molecule has 3 heterocycles. The summed E-state index contributed by atoms with van der Waals surface area (Å²) < 4.78 is 7.19. The number of nitrogens with zero attached hydrogens (tertiary/aromatic N) is 3. The Morgan fingerprint density at radius 3 is 2.72 bits per heavy atom. The predicted molar refractivity (Wildman–Crippen MR) is 111 cm³/mol. The standard InChI is InChI=1S/C21H21N3O4S/c1-15-4-2-5-16(12-15)23-7-3-6-17(23)13-18-20(26)24(21(27)29-18)14-19(25)22-8-10-28-11-9-22/h2-7,12-13H,8-11,14H2,1H3/b18-13+. The Kier molecular flexibility index (Phi) is 5.55. The van der Waals surface area contributed by atoms with E-state index in [1.165, 1.54) is 0 Å². The third-order valence-electron chi connectivity index (χ3n) is 4.87. The highest BCUT2D eigenvalue weighted by Gasteiger charge is 2.37. The number of amides is 3. The molecular weight excluding hydrogens is 390 g/mol. The van der Waals surface area contributed by atoms with Gasteiger partial charge in [-0.3, -0.25) is 19.3 Å². The third kappa shape index (κ3) is 4.13. The zero-order valence-electron chi connectivity index (χ0n) is 16.0. The van der Waals surface area contributed by atoms with E-state index in [2.05, 4.69) is 0 Å². The summed E-state index contributed by atoms with van der Waals surface area (Å²) >= 11 is 0.865. The van der Waals surface area contributed by atoms with Crippen molar-refractivity contribution < 1.29 is 19.1 Å². The van der Waals surface area contributed by atoms with Gasteiger partial charge in [-0.1, -0.05) is 12.1 Å². The highest BCUT2D eigenvalue weighted by molar-refractivity contribution is 8.18. The first-order chi connectivity index (χ1) is 14.0. The molecule has 2 saturated heterocycles. The molecule has 0 saturated carbocycles. The van der Waals surface area contributed by atoms with Crippen LogP contribution >= 0.6 is 11.8 Å². The molecule has 0 spiro atoms. The number of aryl methyl sites for hydroxylation is 1. The number of carbonyl (C=O) groups excluding carboxylic acids is 3. The second-order valence-corrected chi connectivity index (χ2v) is 7.90. The molecule has 0 atom stereocenters. The van der Waals surface area contributed by atoms with Crippen LogP contribution in [-0.2, 0) is 14.3 Å². The SMILES string of the molecule is Cc1cccc(-n2cccc2/C=C2/SC(=O)N(CC(=O)N3CCOCC3)C2=O)c1. The fourth-order valence-corrected chi connectivity index (χ4v) is 4.17. The largest absolute Gasteiger partial charge is 0.378 e. The van der Waals surface area contributed by atoms with Crippen molar-refractivity contribution >= 4 is 34.9 Å². The average molecular weight is 411 g/mol. The first kappa shape index (κ1) is 19.5. The molecule has 0 radical (unpaired) electrons. The highest BCUT2D eigenvalue weighted by Crippen LogP contribution is 2.32. The van der Waals surface area contributed by atoms with Gasteiger partial charge in [-0.05, 0) is 54.6 Å². The summed E-state index contributed by atoms with van der Waals surface area (Å²) in [6.45, 7) is 3.70. The minimum Gasteiger partial charge on any atom is -0.378 e. The molecule has 3 amide bonds. The van der Waals surface area contributed by atoms with Gasteiger partial charge in [0.25, 0.3) is 11.1 Å². The number of hydrogen-bond donors (Lipinski definition) is 0. The summed E-state index contributed by atoms with van der Waals surface area (Å²) in [6, 6.07) is 11.8. The van der Waals surface area contributed by atoms with Crippen LogP contribution in [0.15, 0.2) is 47.5 Å². The molecule has 0 N–H and O–H groups in total. The molecule has 0 aliphatic carbocycles. The van der Waals surface area contributed by atoms with Gasteiger partial charge < -0.3 is 14.2 Å². The number of benzene rings is 1. The summed E-state index contributed by atoms with van der Waals surface area (Å²) in [4.78, 5) is 40.5. The van der Waals surface area contributed by atoms with Gasteiger partial charge in [0.15, 0.2) is 0 Å². The fraction of sp³-hybridized carbons (Fsp3) is 0.286. The Hall–Kier alpha value is -2.84. The third-order valence-corrected chi connectivity index (χ3v) is 5.78. The fourth-order valence-electron chi connectivity index (χ4n) is 3.34. The normalized spacial score (nSPS) is 18.7. The molecule has 1 aromatic heterocycles. The summed E-state index contributed by atoms with van der Waals surface area (Å²) in [7, 11) is 0. The van der Waals surface area contributed by atoms with E-state index in [1.807, 2.05) is 54.1 Å². The molecule has 2 fully saturated rings. The van der Waals surface area contributed by atoms with Crippen molar-refractivity contribution in [2.75, 3.05) is 32.8 Å². The Bertz CT molecular complexity index is 991. The number of aromatic nitrogens is 1. The summed E-state index contributed by atoms with van der Waals surface area (Å²) in [5, 5.41) is -0.420. The Morgan fingerprint density at radius 2 is 1.97 bits per heavy atom. The Labute approximate surface area is 172 Å². The van der Waals surface area contributed by atoms with Gasteiger partial charge in [-0.25, -0.2) is 0 Å². The van der Waals surface area contributed by atoms with Crippen molar-refractivity contribution in [1.29, 1.82) is 0 Å². The molecule has 29 heavy (non-hydrogen) atoms. The van der Waals surface area contributed by atoms with Crippen LogP contribution in [0.3, 0.4) is 0 Å². The maximum Gasteiger partial charge on any atom is 0.294 e. The maximum absolute atomic E-state index is 12.8. The van der Waals surface area contributed by atoms with Crippen molar-refractivity contribution in [1.82, 2.24) is 14.4 Å². The molecule has 7 nitrogen and oxygen atoms in total. The minimum atomic E-state index is -0.432. The van der Waals surface area contributed by atoms with Crippen LogP contribution in [0.5, 0.6) is 0 Å². The van der Waals surface area contributed by atoms with E-state index < -0.39 is 11.1 Å². The maximum atomic E-state index is 12.8. The molecule has 2 aliphatic heterocycles. The lowest BCUT2D eigenvalue weighted by molar-refractivity contribution is -0.139. The number of carbonyl (C=O) groups is 3. The second-order valence-electron chi connectivity index (χ2n) is 6.90. The Morgan fingerprint density at radius 1 is 1.17 bits per heavy atom. The topological polar surface area (TPSA) is 71.8 Å². The van der Waals surface area contributed by atoms with Gasteiger partial charge in [0, 0.05) is 30.7 Å². The van der Waals surface area contributed by atoms with Crippen LogP contribution < -0.4 is 0 Å². The summed E-state index contributed by atoms with van der Waals surface area (Å²) in [5.41, 5.74) is 2.90. The molecule has 2 aromatic rings. The predicted octanol–water partition coefficient (Wildman–Crippen LogP) is 2.68.